The third-order valence-electron chi connectivity index (χ3n) is 3.77. The van der Waals surface area contributed by atoms with E-state index in [0.29, 0.717) is 11.3 Å². The van der Waals surface area contributed by atoms with Crippen molar-refractivity contribution >= 4 is 11.8 Å². The molecule has 0 radical (unpaired) electrons. The van der Waals surface area contributed by atoms with E-state index in [-0.39, 0.29) is 5.92 Å². The SMILES string of the molecule is CC(=O)C1CCN(Cc2ccc(C(=O)O)cc2)CC1. The zero-order valence-electron chi connectivity index (χ0n) is 11.1. The van der Waals surface area contributed by atoms with Crippen molar-refractivity contribution in [1.29, 1.82) is 0 Å². The lowest BCUT2D eigenvalue weighted by Gasteiger charge is -2.30. The van der Waals surface area contributed by atoms with Gasteiger partial charge < -0.3 is 5.11 Å². The van der Waals surface area contributed by atoms with Crippen LogP contribution < -0.4 is 0 Å². The van der Waals surface area contributed by atoms with Crippen molar-refractivity contribution in [3.8, 4) is 0 Å². The summed E-state index contributed by atoms with van der Waals surface area (Å²) in [4.78, 5) is 24.4. The molecule has 1 fully saturated rings. The first-order chi connectivity index (χ1) is 9.06. The predicted octanol–water partition coefficient (Wildman–Crippen LogP) is 2.19. The zero-order valence-corrected chi connectivity index (χ0v) is 11.1. The molecule has 1 N–H and O–H groups in total. The van der Waals surface area contributed by atoms with Gasteiger partial charge in [-0.2, -0.15) is 0 Å². The molecule has 2 rings (SSSR count). The molecule has 4 nitrogen and oxygen atoms in total. The molecule has 0 atom stereocenters. The summed E-state index contributed by atoms with van der Waals surface area (Å²) < 4.78 is 0. The quantitative estimate of drug-likeness (QED) is 0.902. The standard InChI is InChI=1S/C15H19NO3/c1-11(17)13-6-8-16(9-7-13)10-12-2-4-14(5-3-12)15(18)19/h2-5,13H,6-10H2,1H3,(H,18,19). The van der Waals surface area contributed by atoms with Gasteiger partial charge >= 0.3 is 5.97 Å². The zero-order chi connectivity index (χ0) is 13.8. The number of likely N-dealkylation sites (tertiary alicyclic amines) is 1. The van der Waals surface area contributed by atoms with Gasteiger partial charge in [-0.3, -0.25) is 9.69 Å². The molecule has 0 amide bonds. The maximum atomic E-state index is 11.3. The highest BCUT2D eigenvalue weighted by Gasteiger charge is 2.22. The van der Waals surface area contributed by atoms with Crippen LogP contribution in [0.15, 0.2) is 24.3 Å². The fourth-order valence-electron chi connectivity index (χ4n) is 2.51. The van der Waals surface area contributed by atoms with Crippen LogP contribution in [0.4, 0.5) is 0 Å². The Morgan fingerprint density at radius 3 is 2.26 bits per heavy atom. The van der Waals surface area contributed by atoms with Gasteiger partial charge in [0.25, 0.3) is 0 Å². The van der Waals surface area contributed by atoms with E-state index in [0.717, 1.165) is 38.0 Å². The largest absolute Gasteiger partial charge is 0.478 e. The molecule has 4 heteroatoms. The third kappa shape index (κ3) is 3.64. The second-order valence-electron chi connectivity index (χ2n) is 5.16. The first kappa shape index (κ1) is 13.7. The van der Waals surface area contributed by atoms with E-state index in [4.69, 9.17) is 5.11 Å². The Balaban J connectivity index is 1.88. The van der Waals surface area contributed by atoms with E-state index in [1.54, 1.807) is 19.1 Å². The summed E-state index contributed by atoms with van der Waals surface area (Å²) >= 11 is 0. The Morgan fingerprint density at radius 1 is 1.21 bits per heavy atom. The highest BCUT2D eigenvalue weighted by atomic mass is 16.4. The number of aromatic carboxylic acids is 1. The Hall–Kier alpha value is -1.68. The second kappa shape index (κ2) is 5.97. The molecular formula is C15H19NO3. The van der Waals surface area contributed by atoms with Gasteiger partial charge in [0.15, 0.2) is 0 Å². The Kier molecular flexibility index (Phi) is 4.32. The van der Waals surface area contributed by atoms with E-state index in [1.807, 2.05) is 12.1 Å². The van der Waals surface area contributed by atoms with Gasteiger partial charge in [-0.05, 0) is 50.6 Å². The van der Waals surface area contributed by atoms with Crippen LogP contribution in [0.5, 0.6) is 0 Å². The van der Waals surface area contributed by atoms with Crippen molar-refractivity contribution in [3.05, 3.63) is 35.4 Å². The fraction of sp³-hybridized carbons (Fsp3) is 0.467. The molecular weight excluding hydrogens is 242 g/mol. The van der Waals surface area contributed by atoms with Crippen LogP contribution in [0.25, 0.3) is 0 Å². The Morgan fingerprint density at radius 2 is 1.79 bits per heavy atom. The molecule has 0 bridgehead atoms. The normalized spacial score (nSPS) is 17.3. The number of carbonyl (C=O) groups excluding carboxylic acids is 1. The smallest absolute Gasteiger partial charge is 0.335 e. The molecule has 0 unspecified atom stereocenters. The van der Waals surface area contributed by atoms with E-state index in [2.05, 4.69) is 4.90 Å². The van der Waals surface area contributed by atoms with E-state index in [1.165, 1.54) is 0 Å². The molecule has 1 aliphatic heterocycles. The second-order valence-corrected chi connectivity index (χ2v) is 5.16. The van der Waals surface area contributed by atoms with Crippen molar-refractivity contribution in [2.45, 2.75) is 26.3 Å². The number of hydrogen-bond acceptors (Lipinski definition) is 3. The van der Waals surface area contributed by atoms with Crippen LogP contribution >= 0.6 is 0 Å². The molecule has 1 aromatic carbocycles. The summed E-state index contributed by atoms with van der Waals surface area (Å²) in [6.07, 6.45) is 1.87. The van der Waals surface area contributed by atoms with Crippen molar-refractivity contribution in [3.63, 3.8) is 0 Å². The predicted molar refractivity (Wildman–Crippen MR) is 72.1 cm³/mol. The first-order valence-corrected chi connectivity index (χ1v) is 6.61. The van der Waals surface area contributed by atoms with Gasteiger partial charge in [-0.15, -0.1) is 0 Å². The van der Waals surface area contributed by atoms with Crippen LogP contribution in [0, 0.1) is 5.92 Å². The van der Waals surface area contributed by atoms with Gasteiger partial charge in [-0.1, -0.05) is 12.1 Å². The molecule has 0 spiro atoms. The number of carboxylic acid groups (broad SMARTS) is 1. The minimum atomic E-state index is -0.895. The monoisotopic (exact) mass is 261 g/mol. The van der Waals surface area contributed by atoms with E-state index in [9.17, 15) is 9.59 Å². The van der Waals surface area contributed by atoms with Crippen molar-refractivity contribution < 1.29 is 14.7 Å². The third-order valence-corrected chi connectivity index (χ3v) is 3.77. The topological polar surface area (TPSA) is 57.6 Å². The fourth-order valence-corrected chi connectivity index (χ4v) is 2.51. The number of rotatable bonds is 4. The van der Waals surface area contributed by atoms with E-state index >= 15 is 0 Å². The van der Waals surface area contributed by atoms with Crippen molar-refractivity contribution in [1.82, 2.24) is 4.90 Å². The van der Waals surface area contributed by atoms with Gasteiger partial charge in [0.05, 0.1) is 5.56 Å². The number of carboxylic acids is 1. The van der Waals surface area contributed by atoms with Crippen LogP contribution in [0.2, 0.25) is 0 Å². The lowest BCUT2D eigenvalue weighted by Crippen LogP contribution is -2.35. The maximum absolute atomic E-state index is 11.3. The number of benzene rings is 1. The van der Waals surface area contributed by atoms with Crippen molar-refractivity contribution in [2.24, 2.45) is 5.92 Å². The van der Waals surface area contributed by atoms with Gasteiger partial charge in [-0.25, -0.2) is 4.79 Å². The van der Waals surface area contributed by atoms with Gasteiger partial charge in [0.1, 0.15) is 5.78 Å². The van der Waals surface area contributed by atoms with E-state index < -0.39 is 5.97 Å². The Labute approximate surface area is 113 Å². The minimum absolute atomic E-state index is 0.227. The average molecular weight is 261 g/mol. The summed E-state index contributed by atoms with van der Waals surface area (Å²) in [5, 5.41) is 8.84. The highest BCUT2D eigenvalue weighted by Crippen LogP contribution is 2.19. The highest BCUT2D eigenvalue weighted by molar-refractivity contribution is 5.87. The summed E-state index contributed by atoms with van der Waals surface area (Å²) in [6.45, 7) is 4.37. The molecule has 19 heavy (non-hydrogen) atoms. The van der Waals surface area contributed by atoms with Crippen LogP contribution in [0.3, 0.4) is 0 Å². The van der Waals surface area contributed by atoms with Crippen LogP contribution in [-0.2, 0) is 11.3 Å². The van der Waals surface area contributed by atoms with Gasteiger partial charge in [0, 0.05) is 12.5 Å². The number of Topliss-reactive ketones (excluding diaryl/α,β-unsaturated/α-hetero) is 1. The molecule has 1 saturated heterocycles. The summed E-state index contributed by atoms with van der Waals surface area (Å²) in [7, 11) is 0. The maximum Gasteiger partial charge on any atom is 0.335 e. The number of nitrogens with zero attached hydrogens (tertiary/aromatic N) is 1. The number of carbonyl (C=O) groups is 2. The molecule has 1 aromatic rings. The van der Waals surface area contributed by atoms with Crippen LogP contribution in [0.1, 0.15) is 35.7 Å². The molecule has 0 aromatic heterocycles. The average Bonchev–Trinajstić information content (AvgIpc) is 2.40. The number of piperidine rings is 1. The van der Waals surface area contributed by atoms with Gasteiger partial charge in [0.2, 0.25) is 0 Å². The Bertz CT molecular complexity index is 459. The lowest BCUT2D eigenvalue weighted by atomic mass is 9.93. The first-order valence-electron chi connectivity index (χ1n) is 6.61. The van der Waals surface area contributed by atoms with Crippen molar-refractivity contribution in [2.75, 3.05) is 13.1 Å². The number of hydrogen-bond donors (Lipinski definition) is 1. The molecule has 1 heterocycles. The molecule has 102 valence electrons. The minimum Gasteiger partial charge on any atom is -0.478 e. The number of ketones is 1. The van der Waals surface area contributed by atoms with Crippen LogP contribution in [-0.4, -0.2) is 34.8 Å². The summed E-state index contributed by atoms with van der Waals surface area (Å²) in [5.74, 6) is -0.370. The summed E-state index contributed by atoms with van der Waals surface area (Å²) in [6, 6.07) is 7.00. The molecule has 1 aliphatic rings. The lowest BCUT2D eigenvalue weighted by molar-refractivity contribution is -0.122. The molecule has 0 saturated carbocycles. The summed E-state index contributed by atoms with van der Waals surface area (Å²) in [5.41, 5.74) is 1.44. The molecule has 0 aliphatic carbocycles.